The molecule has 34 heavy (non-hydrogen) atoms. The standard InChI is InChI=1S/C31H31NO2/c1-20-16-25(14-15-26(20)31(33)34)30-18-22(17-24-9-4-6-12-29(24)30)19-32-21(2)27-13-7-10-23-8-3-5-11-28(23)27/h3-16,21-22,30,32H,17-19H2,1-2H3,(H,33,34)/t21-,22-,30?/m1/s1. The van der Waals surface area contributed by atoms with E-state index in [0.717, 1.165) is 24.9 Å². The number of fused-ring (bicyclic) bond motifs is 2. The molecule has 0 radical (unpaired) electrons. The Labute approximate surface area is 201 Å². The molecule has 0 amide bonds. The number of aryl methyl sites for hydroxylation is 1. The molecule has 0 saturated heterocycles. The van der Waals surface area contributed by atoms with Crippen LogP contribution in [-0.4, -0.2) is 17.6 Å². The molecule has 0 spiro atoms. The van der Waals surface area contributed by atoms with Gasteiger partial charge in [-0.3, -0.25) is 0 Å². The van der Waals surface area contributed by atoms with Crippen LogP contribution in [0.4, 0.5) is 0 Å². The molecule has 4 aromatic carbocycles. The van der Waals surface area contributed by atoms with Crippen molar-refractivity contribution in [3.63, 3.8) is 0 Å². The first-order chi connectivity index (χ1) is 16.5. The molecule has 5 rings (SSSR count). The number of carboxylic acid groups (broad SMARTS) is 1. The number of benzene rings is 4. The van der Waals surface area contributed by atoms with Crippen molar-refractivity contribution in [2.75, 3.05) is 6.54 Å². The summed E-state index contributed by atoms with van der Waals surface area (Å²) < 4.78 is 0. The Kier molecular flexibility index (Phi) is 6.21. The Morgan fingerprint density at radius 1 is 1.00 bits per heavy atom. The highest BCUT2D eigenvalue weighted by atomic mass is 16.4. The Hall–Kier alpha value is -3.43. The summed E-state index contributed by atoms with van der Waals surface area (Å²) in [5.74, 6) is -0.0690. The molecule has 0 aliphatic heterocycles. The van der Waals surface area contributed by atoms with Gasteiger partial charge >= 0.3 is 5.97 Å². The summed E-state index contributed by atoms with van der Waals surface area (Å²) in [7, 11) is 0. The van der Waals surface area contributed by atoms with Crippen molar-refractivity contribution in [2.24, 2.45) is 5.92 Å². The number of aromatic carboxylic acids is 1. The van der Waals surface area contributed by atoms with Crippen molar-refractivity contribution >= 4 is 16.7 Å². The number of carboxylic acids is 1. The number of hydrogen-bond donors (Lipinski definition) is 2. The van der Waals surface area contributed by atoms with Gasteiger partial charge in [-0.2, -0.15) is 0 Å². The van der Waals surface area contributed by atoms with Crippen LogP contribution in [-0.2, 0) is 6.42 Å². The molecule has 2 N–H and O–H groups in total. The van der Waals surface area contributed by atoms with Crippen LogP contribution in [0.5, 0.6) is 0 Å². The number of nitrogens with one attached hydrogen (secondary N) is 1. The van der Waals surface area contributed by atoms with E-state index in [2.05, 4.69) is 85.0 Å². The molecule has 1 aliphatic rings. The van der Waals surface area contributed by atoms with E-state index in [1.807, 2.05) is 13.0 Å². The lowest BCUT2D eigenvalue weighted by Crippen LogP contribution is -2.31. The average molecular weight is 450 g/mol. The highest BCUT2D eigenvalue weighted by molar-refractivity contribution is 5.89. The second-order valence-corrected chi connectivity index (χ2v) is 9.64. The number of rotatable bonds is 6. The van der Waals surface area contributed by atoms with Crippen LogP contribution in [0.3, 0.4) is 0 Å². The molecule has 172 valence electrons. The van der Waals surface area contributed by atoms with Crippen LogP contribution in [0.15, 0.2) is 84.9 Å². The SMILES string of the molecule is Cc1cc(C2C[C@H](CN[C@H](C)c3cccc4ccccc34)Cc3ccccc32)ccc1C(=O)O. The first-order valence-corrected chi connectivity index (χ1v) is 12.1. The number of hydrogen-bond acceptors (Lipinski definition) is 2. The molecular weight excluding hydrogens is 418 g/mol. The Balaban J connectivity index is 1.37. The number of carbonyl (C=O) groups is 1. The van der Waals surface area contributed by atoms with Gasteiger partial charge < -0.3 is 10.4 Å². The summed E-state index contributed by atoms with van der Waals surface area (Å²) in [5, 5.41) is 15.9. The van der Waals surface area contributed by atoms with E-state index in [-0.39, 0.29) is 12.0 Å². The van der Waals surface area contributed by atoms with Crippen LogP contribution < -0.4 is 5.32 Å². The minimum Gasteiger partial charge on any atom is -0.478 e. The van der Waals surface area contributed by atoms with Crippen molar-refractivity contribution in [3.05, 3.63) is 118 Å². The highest BCUT2D eigenvalue weighted by Crippen LogP contribution is 2.40. The molecule has 0 fully saturated rings. The van der Waals surface area contributed by atoms with Gasteiger partial charge in [-0.05, 0) is 83.8 Å². The van der Waals surface area contributed by atoms with Gasteiger partial charge in [0.1, 0.15) is 0 Å². The third-order valence-electron chi connectivity index (χ3n) is 7.39. The zero-order chi connectivity index (χ0) is 23.7. The van der Waals surface area contributed by atoms with E-state index >= 15 is 0 Å². The van der Waals surface area contributed by atoms with Crippen molar-refractivity contribution < 1.29 is 9.90 Å². The summed E-state index contributed by atoms with van der Waals surface area (Å²) in [6.45, 7) is 5.10. The predicted molar refractivity (Wildman–Crippen MR) is 139 cm³/mol. The third kappa shape index (κ3) is 4.36. The predicted octanol–water partition coefficient (Wildman–Crippen LogP) is 6.89. The van der Waals surface area contributed by atoms with Crippen molar-refractivity contribution in [2.45, 2.75) is 38.6 Å². The fraction of sp³-hybridized carbons (Fsp3) is 0.258. The van der Waals surface area contributed by atoms with Gasteiger partial charge in [0.05, 0.1) is 5.56 Å². The van der Waals surface area contributed by atoms with Gasteiger partial charge in [-0.15, -0.1) is 0 Å². The Bertz CT molecular complexity index is 1340. The smallest absolute Gasteiger partial charge is 0.335 e. The highest BCUT2D eigenvalue weighted by Gasteiger charge is 2.28. The van der Waals surface area contributed by atoms with Crippen LogP contribution >= 0.6 is 0 Å². The fourth-order valence-electron chi connectivity index (χ4n) is 5.61. The molecule has 1 unspecified atom stereocenters. The summed E-state index contributed by atoms with van der Waals surface area (Å²) >= 11 is 0. The topological polar surface area (TPSA) is 49.3 Å². The normalized spacial score (nSPS) is 18.4. The molecule has 3 heteroatoms. The second kappa shape index (κ2) is 9.44. The van der Waals surface area contributed by atoms with E-state index < -0.39 is 5.97 Å². The van der Waals surface area contributed by atoms with Crippen LogP contribution in [0.1, 0.15) is 63.5 Å². The van der Waals surface area contributed by atoms with Crippen molar-refractivity contribution in [1.29, 1.82) is 0 Å². The van der Waals surface area contributed by atoms with Gasteiger partial charge in [0, 0.05) is 12.0 Å². The quantitative estimate of drug-likeness (QED) is 0.337. The van der Waals surface area contributed by atoms with Crippen molar-refractivity contribution in [1.82, 2.24) is 5.32 Å². The van der Waals surface area contributed by atoms with Crippen LogP contribution in [0.25, 0.3) is 10.8 Å². The average Bonchev–Trinajstić information content (AvgIpc) is 2.86. The summed E-state index contributed by atoms with van der Waals surface area (Å²) in [6.07, 6.45) is 2.12. The first-order valence-electron chi connectivity index (χ1n) is 12.1. The largest absolute Gasteiger partial charge is 0.478 e. The Morgan fingerprint density at radius 3 is 2.59 bits per heavy atom. The minimum atomic E-state index is -0.863. The zero-order valence-electron chi connectivity index (χ0n) is 19.8. The van der Waals surface area contributed by atoms with Gasteiger partial charge in [-0.25, -0.2) is 4.79 Å². The molecule has 3 nitrogen and oxygen atoms in total. The maximum atomic E-state index is 11.5. The lowest BCUT2D eigenvalue weighted by molar-refractivity contribution is 0.0696. The monoisotopic (exact) mass is 449 g/mol. The summed E-state index contributed by atoms with van der Waals surface area (Å²) in [6, 6.07) is 30.0. The van der Waals surface area contributed by atoms with Crippen LogP contribution in [0.2, 0.25) is 0 Å². The molecule has 0 heterocycles. The molecule has 0 saturated carbocycles. The Morgan fingerprint density at radius 2 is 1.76 bits per heavy atom. The lowest BCUT2D eigenvalue weighted by atomic mass is 9.73. The maximum absolute atomic E-state index is 11.5. The third-order valence-corrected chi connectivity index (χ3v) is 7.39. The minimum absolute atomic E-state index is 0.263. The molecule has 1 aliphatic carbocycles. The van der Waals surface area contributed by atoms with Gasteiger partial charge in [0.2, 0.25) is 0 Å². The molecule has 0 bridgehead atoms. The molecule has 0 aromatic heterocycles. The van der Waals surface area contributed by atoms with Gasteiger partial charge in [0.25, 0.3) is 0 Å². The van der Waals surface area contributed by atoms with Gasteiger partial charge in [0.15, 0.2) is 0 Å². The van der Waals surface area contributed by atoms with E-state index in [4.69, 9.17) is 0 Å². The summed E-state index contributed by atoms with van der Waals surface area (Å²) in [5.41, 5.74) is 6.54. The van der Waals surface area contributed by atoms with Gasteiger partial charge in [-0.1, -0.05) is 78.9 Å². The zero-order valence-corrected chi connectivity index (χ0v) is 19.8. The van der Waals surface area contributed by atoms with E-state index in [1.54, 1.807) is 6.07 Å². The summed E-state index contributed by atoms with van der Waals surface area (Å²) in [4.78, 5) is 11.5. The molecule has 4 aromatic rings. The van der Waals surface area contributed by atoms with E-state index in [9.17, 15) is 9.90 Å². The molecular formula is C31H31NO2. The fourth-order valence-corrected chi connectivity index (χ4v) is 5.61. The first kappa shape index (κ1) is 22.4. The van der Waals surface area contributed by atoms with Crippen LogP contribution in [0, 0.1) is 12.8 Å². The second-order valence-electron chi connectivity index (χ2n) is 9.64. The molecule has 3 atom stereocenters. The van der Waals surface area contributed by atoms with Crippen molar-refractivity contribution in [3.8, 4) is 0 Å². The van der Waals surface area contributed by atoms with E-state index in [1.165, 1.54) is 33.0 Å². The lowest BCUT2D eigenvalue weighted by Gasteiger charge is -2.33. The maximum Gasteiger partial charge on any atom is 0.335 e. The van der Waals surface area contributed by atoms with E-state index in [0.29, 0.717) is 11.5 Å².